The highest BCUT2D eigenvalue weighted by Crippen LogP contribution is 2.36. The number of amides is 1. The summed E-state index contributed by atoms with van der Waals surface area (Å²) < 4.78 is 14.1. The Bertz CT molecular complexity index is 1600. The van der Waals surface area contributed by atoms with Gasteiger partial charge in [-0.05, 0) is 41.5 Å². The SMILES string of the molecule is Cc1c(/C=N\NC(=O)[C@@H]2COc3cc4ccccc4cc3O2)c2ccccc2n1Cc1ccccc1. The Kier molecular flexibility index (Phi) is 5.62. The van der Waals surface area contributed by atoms with Gasteiger partial charge < -0.3 is 14.0 Å². The zero-order valence-electron chi connectivity index (χ0n) is 19.8. The van der Waals surface area contributed by atoms with E-state index in [0.29, 0.717) is 11.5 Å². The van der Waals surface area contributed by atoms with Crippen molar-refractivity contribution in [1.29, 1.82) is 0 Å². The molecule has 4 aromatic carbocycles. The van der Waals surface area contributed by atoms with Gasteiger partial charge in [-0.25, -0.2) is 5.43 Å². The van der Waals surface area contributed by atoms with Gasteiger partial charge in [0.05, 0.1) is 6.21 Å². The standard InChI is InChI=1S/C30H25N3O3/c1-20-25(24-13-7-8-14-26(24)33(20)18-21-9-3-2-4-10-21)17-31-32-30(34)29-19-35-27-15-22-11-5-6-12-23(22)16-28(27)36-29/h2-17,29H,18-19H2,1H3,(H,32,34)/b31-17-/t29-/m0/s1. The number of carbonyl (C=O) groups excluding carboxylic acids is 1. The number of aromatic nitrogens is 1. The minimum Gasteiger partial charge on any atom is -0.485 e. The molecule has 0 bridgehead atoms. The Hall–Kier alpha value is -4.58. The summed E-state index contributed by atoms with van der Waals surface area (Å²) in [5, 5.41) is 7.46. The molecule has 1 aliphatic rings. The molecule has 1 amide bonds. The highest BCUT2D eigenvalue weighted by atomic mass is 16.6. The van der Waals surface area contributed by atoms with Gasteiger partial charge in [0.15, 0.2) is 11.5 Å². The molecule has 1 N–H and O–H groups in total. The van der Waals surface area contributed by atoms with Crippen molar-refractivity contribution in [2.45, 2.75) is 19.6 Å². The maximum absolute atomic E-state index is 12.8. The second-order valence-corrected chi connectivity index (χ2v) is 8.89. The Morgan fingerprint density at radius 1 is 0.972 bits per heavy atom. The van der Waals surface area contributed by atoms with Crippen LogP contribution >= 0.6 is 0 Å². The molecule has 5 aromatic rings. The molecule has 1 aromatic heterocycles. The molecule has 0 radical (unpaired) electrons. The van der Waals surface area contributed by atoms with Crippen molar-refractivity contribution in [1.82, 2.24) is 9.99 Å². The number of hydrogen-bond acceptors (Lipinski definition) is 4. The molecule has 2 heterocycles. The molecule has 36 heavy (non-hydrogen) atoms. The molecule has 1 aliphatic heterocycles. The van der Waals surface area contributed by atoms with Gasteiger partial charge in [-0.15, -0.1) is 0 Å². The van der Waals surface area contributed by atoms with Crippen LogP contribution in [0.2, 0.25) is 0 Å². The number of rotatable bonds is 5. The molecular formula is C30H25N3O3. The van der Waals surface area contributed by atoms with Crippen LogP contribution in [0.4, 0.5) is 0 Å². The van der Waals surface area contributed by atoms with Crippen LogP contribution in [0.25, 0.3) is 21.7 Å². The molecule has 0 aliphatic carbocycles. The summed E-state index contributed by atoms with van der Waals surface area (Å²) in [6.45, 7) is 2.96. The number of fused-ring (bicyclic) bond motifs is 3. The van der Waals surface area contributed by atoms with Crippen LogP contribution < -0.4 is 14.9 Å². The van der Waals surface area contributed by atoms with E-state index in [1.54, 1.807) is 6.21 Å². The molecule has 6 heteroatoms. The van der Waals surface area contributed by atoms with Crippen LogP contribution in [-0.2, 0) is 11.3 Å². The van der Waals surface area contributed by atoms with Gasteiger partial charge in [-0.3, -0.25) is 4.79 Å². The molecule has 178 valence electrons. The predicted octanol–water partition coefficient (Wildman–Crippen LogP) is 5.44. The first-order valence-electron chi connectivity index (χ1n) is 11.9. The average molecular weight is 476 g/mol. The average Bonchev–Trinajstić information content (AvgIpc) is 3.18. The van der Waals surface area contributed by atoms with E-state index >= 15 is 0 Å². The molecule has 1 atom stereocenters. The van der Waals surface area contributed by atoms with Gasteiger partial charge in [-0.2, -0.15) is 5.10 Å². The second-order valence-electron chi connectivity index (χ2n) is 8.89. The highest BCUT2D eigenvalue weighted by Gasteiger charge is 2.27. The molecule has 0 unspecified atom stereocenters. The normalized spacial score (nSPS) is 15.0. The smallest absolute Gasteiger partial charge is 0.284 e. The van der Waals surface area contributed by atoms with Gasteiger partial charge in [0, 0.05) is 28.7 Å². The summed E-state index contributed by atoms with van der Waals surface area (Å²) in [6, 6.07) is 30.4. The number of hydrazone groups is 1. The summed E-state index contributed by atoms with van der Waals surface area (Å²) in [5.41, 5.74) is 7.03. The number of para-hydroxylation sites is 1. The van der Waals surface area contributed by atoms with Crippen molar-refractivity contribution >= 4 is 33.8 Å². The van der Waals surface area contributed by atoms with Crippen LogP contribution in [0.3, 0.4) is 0 Å². The van der Waals surface area contributed by atoms with Gasteiger partial charge in [0.1, 0.15) is 6.61 Å². The number of nitrogens with one attached hydrogen (secondary N) is 1. The Balaban J connectivity index is 1.20. The third-order valence-electron chi connectivity index (χ3n) is 6.60. The summed E-state index contributed by atoms with van der Waals surface area (Å²) in [7, 11) is 0. The molecule has 0 saturated carbocycles. The lowest BCUT2D eigenvalue weighted by Gasteiger charge is -2.25. The summed E-state index contributed by atoms with van der Waals surface area (Å²) >= 11 is 0. The van der Waals surface area contributed by atoms with Crippen molar-refractivity contribution in [2.24, 2.45) is 5.10 Å². The Labute approximate surface area is 208 Å². The number of nitrogens with zero attached hydrogens (tertiary/aromatic N) is 2. The fourth-order valence-electron chi connectivity index (χ4n) is 4.71. The second kappa shape index (κ2) is 9.23. The third-order valence-corrected chi connectivity index (χ3v) is 6.60. The number of hydrogen-bond donors (Lipinski definition) is 1. The van der Waals surface area contributed by atoms with Crippen LogP contribution in [-0.4, -0.2) is 29.4 Å². The van der Waals surface area contributed by atoms with Crippen LogP contribution in [0.5, 0.6) is 11.5 Å². The lowest BCUT2D eigenvalue weighted by atomic mass is 10.1. The van der Waals surface area contributed by atoms with Crippen LogP contribution in [0.15, 0.2) is 96.1 Å². The van der Waals surface area contributed by atoms with Gasteiger partial charge >= 0.3 is 0 Å². The molecule has 0 saturated heterocycles. The lowest BCUT2D eigenvalue weighted by molar-refractivity contribution is -0.130. The van der Waals surface area contributed by atoms with Gasteiger partial charge in [0.2, 0.25) is 6.10 Å². The van der Waals surface area contributed by atoms with Crippen molar-refractivity contribution in [2.75, 3.05) is 6.61 Å². The van der Waals surface area contributed by atoms with Crippen molar-refractivity contribution < 1.29 is 14.3 Å². The maximum atomic E-state index is 12.8. The third kappa shape index (κ3) is 4.07. The molecular weight excluding hydrogens is 450 g/mol. The fraction of sp³-hybridized carbons (Fsp3) is 0.133. The van der Waals surface area contributed by atoms with Crippen molar-refractivity contribution in [3.8, 4) is 11.5 Å². The number of ether oxygens (including phenoxy) is 2. The summed E-state index contributed by atoms with van der Waals surface area (Å²) in [6.07, 6.45) is 0.929. The summed E-state index contributed by atoms with van der Waals surface area (Å²) in [4.78, 5) is 12.8. The van der Waals surface area contributed by atoms with E-state index < -0.39 is 6.10 Å². The van der Waals surface area contributed by atoms with E-state index in [-0.39, 0.29) is 12.5 Å². The molecule has 6 nitrogen and oxygen atoms in total. The largest absolute Gasteiger partial charge is 0.485 e. The quantitative estimate of drug-likeness (QED) is 0.272. The predicted molar refractivity (Wildman–Crippen MR) is 142 cm³/mol. The molecule has 0 spiro atoms. The highest BCUT2D eigenvalue weighted by molar-refractivity contribution is 6.01. The minimum absolute atomic E-state index is 0.127. The topological polar surface area (TPSA) is 64.8 Å². The van der Waals surface area contributed by atoms with E-state index in [2.05, 4.69) is 46.3 Å². The monoisotopic (exact) mass is 475 g/mol. The maximum Gasteiger partial charge on any atom is 0.284 e. The molecule has 0 fully saturated rings. The van der Waals surface area contributed by atoms with Gasteiger partial charge in [-0.1, -0.05) is 72.8 Å². The van der Waals surface area contributed by atoms with Crippen LogP contribution in [0.1, 0.15) is 16.8 Å². The zero-order chi connectivity index (χ0) is 24.5. The summed E-state index contributed by atoms with van der Waals surface area (Å²) in [5.74, 6) is 0.850. The number of benzene rings is 4. The van der Waals surface area contributed by atoms with Crippen molar-refractivity contribution in [3.63, 3.8) is 0 Å². The molecule has 6 rings (SSSR count). The fourth-order valence-corrected chi connectivity index (χ4v) is 4.71. The van der Waals surface area contributed by atoms with Crippen molar-refractivity contribution in [3.05, 3.63) is 108 Å². The van der Waals surface area contributed by atoms with E-state index in [1.165, 1.54) is 5.56 Å². The van der Waals surface area contributed by atoms with Crippen LogP contribution in [0, 0.1) is 6.92 Å². The van der Waals surface area contributed by atoms with Gasteiger partial charge in [0.25, 0.3) is 5.91 Å². The number of carbonyl (C=O) groups is 1. The first-order valence-corrected chi connectivity index (χ1v) is 11.9. The first-order chi connectivity index (χ1) is 17.7. The van der Waals surface area contributed by atoms with E-state index in [1.807, 2.05) is 66.7 Å². The Morgan fingerprint density at radius 2 is 1.67 bits per heavy atom. The lowest BCUT2D eigenvalue weighted by Crippen LogP contribution is -2.42. The first kappa shape index (κ1) is 21.9. The zero-order valence-corrected chi connectivity index (χ0v) is 19.8. The Morgan fingerprint density at radius 3 is 2.47 bits per heavy atom. The van der Waals surface area contributed by atoms with E-state index in [9.17, 15) is 4.79 Å². The minimum atomic E-state index is -0.781. The van der Waals surface area contributed by atoms with E-state index in [4.69, 9.17) is 9.47 Å². The van der Waals surface area contributed by atoms with E-state index in [0.717, 1.165) is 39.5 Å².